The molecule has 0 spiro atoms. The third-order valence-electron chi connectivity index (χ3n) is 12.7. The molecule has 1 saturated heterocycles. The van der Waals surface area contributed by atoms with E-state index in [-0.39, 0.29) is 31.2 Å². The third-order valence-corrected chi connectivity index (χ3v) is 14.9. The maximum Gasteiger partial charge on any atom is 0.272 e. The summed E-state index contributed by atoms with van der Waals surface area (Å²) in [6.45, 7) is 3.49. The number of carbonyl (C=O) groups is 4. The van der Waals surface area contributed by atoms with Gasteiger partial charge in [-0.15, -0.1) is 0 Å². The number of fused-ring (bicyclic) bond motifs is 3. The van der Waals surface area contributed by atoms with Crippen LogP contribution >= 0.6 is 0 Å². The number of aromatic nitrogens is 3. The van der Waals surface area contributed by atoms with Gasteiger partial charge in [-0.3, -0.25) is 28.6 Å². The van der Waals surface area contributed by atoms with Crippen molar-refractivity contribution in [2.75, 3.05) is 13.7 Å². The second-order valence-electron chi connectivity index (χ2n) is 17.0. The van der Waals surface area contributed by atoms with Crippen molar-refractivity contribution < 1.29 is 41.8 Å². The van der Waals surface area contributed by atoms with E-state index in [1.807, 2.05) is 31.2 Å². The van der Waals surface area contributed by atoms with Crippen molar-refractivity contribution >= 4 is 44.6 Å². The molecule has 0 bridgehead atoms. The lowest BCUT2D eigenvalue weighted by molar-refractivity contribution is -0.141. The number of pyridine rings is 1. The largest absolute Gasteiger partial charge is 0.496 e. The van der Waals surface area contributed by atoms with Crippen molar-refractivity contribution in [3.05, 3.63) is 53.9 Å². The van der Waals surface area contributed by atoms with Gasteiger partial charge in [-0.1, -0.05) is 25.0 Å². The topological polar surface area (TPSA) is 200 Å². The van der Waals surface area contributed by atoms with Crippen LogP contribution in [0.3, 0.4) is 0 Å². The summed E-state index contributed by atoms with van der Waals surface area (Å²) in [6, 6.07) is 4.87. The van der Waals surface area contributed by atoms with Crippen LogP contribution in [0.4, 0.5) is 0 Å². The SMILES string of the molecule is COc1ccc2c(O[C@@H]3C[C@H]4C(=O)N[C@]5(C(=O)NS(=O)(=O)C6(C)CC6)C[C@H]5/C=C\CCCCC[C@H](NC(=O)c5ccn(C)n5)C(=O)N4C3)cc(OC3CCC3)nc2c1C. The molecule has 8 rings (SSSR count). The molecule has 4 heterocycles. The van der Waals surface area contributed by atoms with E-state index in [1.54, 1.807) is 39.4 Å². The van der Waals surface area contributed by atoms with Crippen molar-refractivity contribution in [1.82, 2.24) is 35.0 Å². The van der Waals surface area contributed by atoms with Gasteiger partial charge in [0, 0.05) is 42.6 Å². The molecule has 3 aliphatic carbocycles. The summed E-state index contributed by atoms with van der Waals surface area (Å²) in [4.78, 5) is 63.1. The number of ether oxygens (including phenoxy) is 3. The van der Waals surface area contributed by atoms with E-state index < -0.39 is 68.0 Å². The summed E-state index contributed by atoms with van der Waals surface area (Å²) in [5, 5.41) is 10.7. The van der Waals surface area contributed by atoms with Gasteiger partial charge < -0.3 is 29.7 Å². The van der Waals surface area contributed by atoms with Gasteiger partial charge in [0.15, 0.2) is 0 Å². The molecule has 3 aromatic rings. The van der Waals surface area contributed by atoms with Crippen LogP contribution in [0.15, 0.2) is 42.6 Å². The first-order chi connectivity index (χ1) is 28.2. The van der Waals surface area contributed by atoms with Crippen molar-refractivity contribution in [2.24, 2.45) is 13.0 Å². The van der Waals surface area contributed by atoms with E-state index in [4.69, 9.17) is 19.2 Å². The maximum absolute atomic E-state index is 14.8. The Hall–Kier alpha value is -5.19. The summed E-state index contributed by atoms with van der Waals surface area (Å²) < 4.78 is 47.8. The van der Waals surface area contributed by atoms with Crippen LogP contribution in [0.1, 0.15) is 100 Å². The Kier molecular flexibility index (Phi) is 10.8. The average Bonchev–Trinajstić information content (AvgIpc) is 3.99. The number of sulfonamides is 1. The quantitative estimate of drug-likeness (QED) is 0.252. The molecule has 3 saturated carbocycles. The highest BCUT2D eigenvalue weighted by atomic mass is 32.2. The Labute approximate surface area is 343 Å². The minimum atomic E-state index is -4.00. The van der Waals surface area contributed by atoms with Gasteiger partial charge in [-0.2, -0.15) is 5.10 Å². The molecule has 5 aliphatic rings. The Balaban J connectivity index is 1.13. The van der Waals surface area contributed by atoms with Crippen LogP contribution in [-0.2, 0) is 31.5 Å². The lowest BCUT2D eigenvalue weighted by Crippen LogP contribution is -2.58. The van der Waals surface area contributed by atoms with Gasteiger partial charge in [0.2, 0.25) is 27.7 Å². The summed E-state index contributed by atoms with van der Waals surface area (Å²) in [5.41, 5.74) is 0.0459. The molecular formula is C42H53N7O9S. The highest BCUT2D eigenvalue weighted by Gasteiger charge is 2.63. The molecule has 4 amide bonds. The zero-order valence-corrected chi connectivity index (χ0v) is 34.8. The van der Waals surface area contributed by atoms with Crippen LogP contribution < -0.4 is 29.6 Å². The van der Waals surface area contributed by atoms with E-state index >= 15 is 0 Å². The number of hydrogen-bond acceptors (Lipinski definition) is 11. The molecule has 1 aromatic carbocycles. The number of methoxy groups -OCH3 is 1. The molecule has 0 unspecified atom stereocenters. The predicted molar refractivity (Wildman–Crippen MR) is 216 cm³/mol. The fraction of sp³-hybridized carbons (Fsp3) is 0.571. The number of nitrogens with zero attached hydrogens (tertiary/aromatic N) is 4. The minimum Gasteiger partial charge on any atom is -0.496 e. The molecule has 2 aromatic heterocycles. The van der Waals surface area contributed by atoms with E-state index in [2.05, 4.69) is 20.5 Å². The van der Waals surface area contributed by atoms with Crippen molar-refractivity contribution in [2.45, 2.75) is 125 Å². The van der Waals surface area contributed by atoms with Gasteiger partial charge in [0.05, 0.1) is 23.9 Å². The van der Waals surface area contributed by atoms with E-state index in [0.717, 1.165) is 37.7 Å². The fourth-order valence-corrected chi connectivity index (χ4v) is 9.60. The summed E-state index contributed by atoms with van der Waals surface area (Å²) in [5.74, 6) is -1.36. The van der Waals surface area contributed by atoms with Crippen LogP contribution in [0.25, 0.3) is 10.9 Å². The summed E-state index contributed by atoms with van der Waals surface area (Å²) >= 11 is 0. The average molecular weight is 832 g/mol. The lowest BCUT2D eigenvalue weighted by atomic mass is 9.96. The first-order valence-corrected chi connectivity index (χ1v) is 22.2. The Bertz CT molecular complexity index is 2300. The van der Waals surface area contributed by atoms with Crippen LogP contribution in [0.2, 0.25) is 0 Å². The van der Waals surface area contributed by atoms with Crippen LogP contribution in [0, 0.1) is 12.8 Å². The van der Waals surface area contributed by atoms with Gasteiger partial charge >= 0.3 is 0 Å². The zero-order chi connectivity index (χ0) is 41.7. The second-order valence-corrected chi connectivity index (χ2v) is 19.2. The highest BCUT2D eigenvalue weighted by molar-refractivity contribution is 7.91. The van der Waals surface area contributed by atoms with Gasteiger partial charge in [-0.25, -0.2) is 13.4 Å². The zero-order valence-electron chi connectivity index (χ0n) is 34.0. The number of nitrogens with one attached hydrogen (secondary N) is 3. The molecule has 4 fully saturated rings. The van der Waals surface area contributed by atoms with Gasteiger partial charge in [0.1, 0.15) is 47.0 Å². The van der Waals surface area contributed by atoms with Crippen LogP contribution in [0.5, 0.6) is 17.4 Å². The predicted octanol–water partition coefficient (Wildman–Crippen LogP) is 3.76. The highest BCUT2D eigenvalue weighted by Crippen LogP contribution is 2.48. The molecule has 59 heavy (non-hydrogen) atoms. The monoisotopic (exact) mass is 831 g/mol. The Morgan fingerprint density at radius 1 is 1.00 bits per heavy atom. The molecule has 2 aliphatic heterocycles. The first kappa shape index (κ1) is 40.6. The van der Waals surface area contributed by atoms with Gasteiger partial charge in [-0.05, 0) is 89.8 Å². The summed E-state index contributed by atoms with van der Waals surface area (Å²) in [7, 11) is -0.719. The molecule has 316 valence electrons. The number of carbonyl (C=O) groups excluding carboxylic acids is 4. The van der Waals surface area contributed by atoms with Crippen LogP contribution in [-0.4, -0.2) is 99.9 Å². The summed E-state index contributed by atoms with van der Waals surface area (Å²) in [6.07, 6.45) is 12.0. The standard InChI is InChI=1S/C42H53N7O9S/c1-25-33(56-4)16-15-29-34(22-35(44-36(25)29)58-27-12-10-13-27)57-28-21-32-38(51)45-42(40(53)47-59(54,55)41(2)18-19-41)23-26(42)11-8-6-5-7-9-14-31(39(52)49(32)24-28)43-37(50)30-17-20-48(3)46-30/h8,11,15-17,20,22,26-28,31-32H,5-7,9-10,12-14,18-19,21,23-24H2,1-4H3,(H,43,50)(H,45,51)(H,47,53)/b11-8-/t26-,28-,31+,32+,42-/m1/s1. The van der Waals surface area contributed by atoms with Crippen molar-refractivity contribution in [3.63, 3.8) is 0 Å². The number of aryl methyl sites for hydroxylation is 2. The van der Waals surface area contributed by atoms with Gasteiger partial charge in [0.25, 0.3) is 11.8 Å². The van der Waals surface area contributed by atoms with Crippen molar-refractivity contribution in [1.29, 1.82) is 0 Å². The lowest BCUT2D eigenvalue weighted by Gasteiger charge is -2.30. The van der Waals surface area contributed by atoms with E-state index in [1.165, 1.54) is 9.58 Å². The number of amides is 4. The van der Waals surface area contributed by atoms with Crippen molar-refractivity contribution in [3.8, 4) is 17.4 Å². The Morgan fingerprint density at radius 3 is 2.49 bits per heavy atom. The number of rotatable bonds is 10. The van der Waals surface area contributed by atoms with E-state index in [0.29, 0.717) is 60.4 Å². The molecule has 16 nitrogen and oxygen atoms in total. The number of allylic oxidation sites excluding steroid dienone is 1. The van der Waals surface area contributed by atoms with E-state index in [9.17, 15) is 27.6 Å². The fourth-order valence-electron chi connectivity index (χ4n) is 8.29. The maximum atomic E-state index is 14.8. The first-order valence-electron chi connectivity index (χ1n) is 20.7. The molecule has 0 radical (unpaired) electrons. The second kappa shape index (κ2) is 15.8. The number of benzene rings is 1. The third kappa shape index (κ3) is 8.09. The smallest absolute Gasteiger partial charge is 0.272 e. The minimum absolute atomic E-state index is 0.0140. The molecule has 3 N–H and O–H groups in total. The molecule has 5 atom stereocenters. The normalized spacial score (nSPS) is 27.5. The number of hydrogen-bond donors (Lipinski definition) is 3. The molecular weight excluding hydrogens is 779 g/mol. The Morgan fingerprint density at radius 2 is 1.80 bits per heavy atom. The molecule has 17 heteroatoms.